The molecular weight excluding hydrogens is 288 g/mol. The predicted octanol–water partition coefficient (Wildman–Crippen LogP) is 2.85. The second-order valence-electron chi connectivity index (χ2n) is 5.93. The first-order valence-electron chi connectivity index (χ1n) is 7.42. The summed E-state index contributed by atoms with van der Waals surface area (Å²) < 4.78 is 0. The highest BCUT2D eigenvalue weighted by atomic mass is 35.5. The number of rotatable bonds is 3. The summed E-state index contributed by atoms with van der Waals surface area (Å²) in [6, 6.07) is 5.37. The lowest BCUT2D eigenvalue weighted by Gasteiger charge is -2.15. The molecule has 5 heteroatoms. The van der Waals surface area contributed by atoms with Crippen molar-refractivity contribution >= 4 is 29.1 Å². The smallest absolute Gasteiger partial charge is 0.228 e. The zero-order valence-electron chi connectivity index (χ0n) is 12.1. The Morgan fingerprint density at radius 2 is 1.95 bits per heavy atom. The van der Waals surface area contributed by atoms with Crippen LogP contribution in [0.15, 0.2) is 18.2 Å². The maximum absolute atomic E-state index is 12.2. The van der Waals surface area contributed by atoms with Crippen LogP contribution in [0.25, 0.3) is 0 Å². The van der Waals surface area contributed by atoms with E-state index >= 15 is 0 Å². The summed E-state index contributed by atoms with van der Waals surface area (Å²) in [6.45, 7) is 3.60. The number of halogens is 1. The standard InChI is InChI=1S/C16H19ClN2O2/c1-10-8-11(17)4-5-14(10)18-15(20)12-9-13(12)16(21)19-6-2-3-7-19/h4-5,8,12-13H,2-3,6-7,9H2,1H3,(H,18,20). The molecule has 21 heavy (non-hydrogen) atoms. The van der Waals surface area contributed by atoms with Crippen LogP contribution in [0.1, 0.15) is 24.8 Å². The van der Waals surface area contributed by atoms with Crippen LogP contribution >= 0.6 is 11.6 Å². The maximum atomic E-state index is 12.2. The lowest BCUT2D eigenvalue weighted by Crippen LogP contribution is -2.30. The van der Waals surface area contributed by atoms with Gasteiger partial charge in [0.25, 0.3) is 0 Å². The first kappa shape index (κ1) is 14.4. The number of carbonyl (C=O) groups is 2. The number of amides is 2. The van der Waals surface area contributed by atoms with Gasteiger partial charge in [-0.2, -0.15) is 0 Å². The van der Waals surface area contributed by atoms with Crippen LogP contribution in [0.3, 0.4) is 0 Å². The minimum atomic E-state index is -0.173. The van der Waals surface area contributed by atoms with Crippen molar-refractivity contribution in [1.82, 2.24) is 4.90 Å². The molecule has 1 aromatic carbocycles. The van der Waals surface area contributed by atoms with Gasteiger partial charge >= 0.3 is 0 Å². The van der Waals surface area contributed by atoms with Crippen LogP contribution in [0.4, 0.5) is 5.69 Å². The van der Waals surface area contributed by atoms with Gasteiger partial charge in [-0.3, -0.25) is 9.59 Å². The van der Waals surface area contributed by atoms with Crippen LogP contribution in [0, 0.1) is 18.8 Å². The third kappa shape index (κ3) is 3.05. The summed E-state index contributed by atoms with van der Waals surface area (Å²) in [7, 11) is 0. The van der Waals surface area contributed by atoms with Crippen molar-refractivity contribution in [2.75, 3.05) is 18.4 Å². The van der Waals surface area contributed by atoms with Gasteiger partial charge in [0.15, 0.2) is 0 Å². The van der Waals surface area contributed by atoms with Crippen molar-refractivity contribution in [3.05, 3.63) is 28.8 Å². The van der Waals surface area contributed by atoms with Crippen molar-refractivity contribution in [3.63, 3.8) is 0 Å². The zero-order chi connectivity index (χ0) is 15.0. The monoisotopic (exact) mass is 306 g/mol. The molecule has 112 valence electrons. The first-order valence-corrected chi connectivity index (χ1v) is 7.80. The van der Waals surface area contributed by atoms with Crippen molar-refractivity contribution in [3.8, 4) is 0 Å². The Labute approximate surface area is 129 Å². The second kappa shape index (κ2) is 5.68. The molecule has 2 fully saturated rings. The van der Waals surface area contributed by atoms with E-state index < -0.39 is 0 Å². The number of hydrogen-bond acceptors (Lipinski definition) is 2. The SMILES string of the molecule is Cc1cc(Cl)ccc1NC(=O)C1CC1C(=O)N1CCCC1. The van der Waals surface area contributed by atoms with E-state index in [1.807, 2.05) is 17.9 Å². The summed E-state index contributed by atoms with van der Waals surface area (Å²) in [5, 5.41) is 3.56. The number of hydrogen-bond donors (Lipinski definition) is 1. The Morgan fingerprint density at radius 1 is 1.24 bits per heavy atom. The van der Waals surface area contributed by atoms with E-state index in [0.717, 1.165) is 37.2 Å². The van der Waals surface area contributed by atoms with Gasteiger partial charge in [-0.25, -0.2) is 0 Å². The highest BCUT2D eigenvalue weighted by molar-refractivity contribution is 6.30. The average Bonchev–Trinajstić information content (AvgIpc) is 3.06. The molecule has 0 radical (unpaired) electrons. The molecule has 1 aliphatic heterocycles. The predicted molar refractivity (Wildman–Crippen MR) is 82.2 cm³/mol. The van der Waals surface area contributed by atoms with Gasteiger partial charge in [0.05, 0.1) is 11.8 Å². The zero-order valence-corrected chi connectivity index (χ0v) is 12.8. The average molecular weight is 307 g/mol. The fraction of sp³-hybridized carbons (Fsp3) is 0.500. The molecule has 1 saturated heterocycles. The van der Waals surface area contributed by atoms with E-state index in [1.165, 1.54) is 0 Å². The molecule has 1 N–H and O–H groups in total. The Bertz CT molecular complexity index is 582. The Balaban J connectivity index is 1.58. The number of nitrogens with zero attached hydrogens (tertiary/aromatic N) is 1. The molecule has 1 heterocycles. The molecular formula is C16H19ClN2O2. The van der Waals surface area contributed by atoms with E-state index in [0.29, 0.717) is 11.4 Å². The van der Waals surface area contributed by atoms with E-state index in [4.69, 9.17) is 11.6 Å². The lowest BCUT2D eigenvalue weighted by atomic mass is 10.2. The third-order valence-corrected chi connectivity index (χ3v) is 4.54. The van der Waals surface area contributed by atoms with E-state index in [1.54, 1.807) is 12.1 Å². The topological polar surface area (TPSA) is 49.4 Å². The summed E-state index contributed by atoms with van der Waals surface area (Å²) in [5.74, 6) is -0.192. The molecule has 4 nitrogen and oxygen atoms in total. The molecule has 0 aromatic heterocycles. The summed E-state index contributed by atoms with van der Waals surface area (Å²) in [4.78, 5) is 26.3. The minimum absolute atomic E-state index is 0.0574. The van der Waals surface area contributed by atoms with Crippen LogP contribution < -0.4 is 5.32 Å². The molecule has 0 spiro atoms. The van der Waals surface area contributed by atoms with Gasteiger partial charge in [-0.15, -0.1) is 0 Å². The fourth-order valence-corrected chi connectivity index (χ4v) is 3.15. The van der Waals surface area contributed by atoms with E-state index in [9.17, 15) is 9.59 Å². The fourth-order valence-electron chi connectivity index (χ4n) is 2.92. The summed E-state index contributed by atoms with van der Waals surface area (Å²) in [6.07, 6.45) is 2.84. The van der Waals surface area contributed by atoms with Crippen LogP contribution in [0.5, 0.6) is 0 Å². The van der Waals surface area contributed by atoms with Gasteiger partial charge in [0.2, 0.25) is 11.8 Å². The number of carbonyl (C=O) groups excluding carboxylic acids is 2. The molecule has 1 aromatic rings. The van der Waals surface area contributed by atoms with E-state index in [2.05, 4.69) is 5.32 Å². The number of nitrogens with one attached hydrogen (secondary N) is 1. The molecule has 2 amide bonds. The number of benzene rings is 1. The van der Waals surface area contributed by atoms with Crippen molar-refractivity contribution in [2.24, 2.45) is 11.8 Å². The molecule has 2 atom stereocenters. The van der Waals surface area contributed by atoms with Gasteiger partial charge in [-0.05, 0) is 49.9 Å². The normalized spacial score (nSPS) is 24.0. The van der Waals surface area contributed by atoms with E-state index in [-0.39, 0.29) is 23.7 Å². The Hall–Kier alpha value is -1.55. The van der Waals surface area contributed by atoms with Crippen molar-refractivity contribution in [1.29, 1.82) is 0 Å². The molecule has 0 bridgehead atoms. The summed E-state index contributed by atoms with van der Waals surface area (Å²) in [5.41, 5.74) is 1.70. The number of likely N-dealkylation sites (tertiary alicyclic amines) is 1. The quantitative estimate of drug-likeness (QED) is 0.933. The maximum Gasteiger partial charge on any atom is 0.228 e. The lowest BCUT2D eigenvalue weighted by molar-refractivity contribution is -0.133. The first-order chi connectivity index (χ1) is 10.1. The molecule has 1 aliphatic carbocycles. The molecule has 1 saturated carbocycles. The van der Waals surface area contributed by atoms with Crippen LogP contribution in [0.2, 0.25) is 5.02 Å². The highest BCUT2D eigenvalue weighted by Gasteiger charge is 2.49. The van der Waals surface area contributed by atoms with Crippen molar-refractivity contribution < 1.29 is 9.59 Å². The van der Waals surface area contributed by atoms with Crippen LogP contribution in [-0.4, -0.2) is 29.8 Å². The third-order valence-electron chi connectivity index (χ3n) is 4.31. The van der Waals surface area contributed by atoms with Gasteiger partial charge < -0.3 is 10.2 Å². The molecule has 2 unspecified atom stereocenters. The summed E-state index contributed by atoms with van der Waals surface area (Å²) >= 11 is 5.90. The van der Waals surface area contributed by atoms with Gasteiger partial charge in [0, 0.05) is 23.8 Å². The highest BCUT2D eigenvalue weighted by Crippen LogP contribution is 2.41. The number of anilines is 1. The van der Waals surface area contributed by atoms with Gasteiger partial charge in [0.1, 0.15) is 0 Å². The molecule has 3 rings (SSSR count). The largest absolute Gasteiger partial charge is 0.342 e. The minimum Gasteiger partial charge on any atom is -0.342 e. The van der Waals surface area contributed by atoms with Crippen LogP contribution in [-0.2, 0) is 9.59 Å². The second-order valence-corrected chi connectivity index (χ2v) is 6.37. The Kier molecular flexibility index (Phi) is 3.89. The van der Waals surface area contributed by atoms with Gasteiger partial charge in [-0.1, -0.05) is 11.6 Å². The number of aryl methyl sites for hydroxylation is 1. The van der Waals surface area contributed by atoms with Crippen molar-refractivity contribution in [2.45, 2.75) is 26.2 Å². The Morgan fingerprint density at radius 3 is 2.62 bits per heavy atom. The molecule has 2 aliphatic rings.